The van der Waals surface area contributed by atoms with Gasteiger partial charge in [-0.3, -0.25) is 9.59 Å². The van der Waals surface area contributed by atoms with Gasteiger partial charge in [-0.05, 0) is 17.5 Å². The third kappa shape index (κ3) is 5.88. The van der Waals surface area contributed by atoms with Crippen LogP contribution in [0.25, 0.3) is 0 Å². The maximum absolute atomic E-state index is 12.1. The molecule has 1 N–H and O–H groups in total. The first-order chi connectivity index (χ1) is 10.2. The van der Waals surface area contributed by atoms with Crippen molar-refractivity contribution < 1.29 is 9.59 Å². The van der Waals surface area contributed by atoms with Crippen molar-refractivity contribution in [3.05, 3.63) is 35.4 Å². The Morgan fingerprint density at radius 2 is 1.64 bits per heavy atom. The summed E-state index contributed by atoms with van der Waals surface area (Å²) in [6.07, 6.45) is 1.34. The lowest BCUT2D eigenvalue weighted by molar-refractivity contribution is -0.131. The largest absolute Gasteiger partial charge is 0.355 e. The van der Waals surface area contributed by atoms with Crippen LogP contribution in [0, 0.1) is 5.41 Å². The summed E-state index contributed by atoms with van der Waals surface area (Å²) >= 11 is 0. The molecule has 0 atom stereocenters. The van der Waals surface area contributed by atoms with Gasteiger partial charge in [-0.15, -0.1) is 0 Å². The topological polar surface area (TPSA) is 49.4 Å². The van der Waals surface area contributed by atoms with Crippen molar-refractivity contribution >= 4 is 11.8 Å². The molecule has 1 aromatic carbocycles. The number of nitrogens with zero attached hydrogens (tertiary/aromatic N) is 1. The maximum atomic E-state index is 12.1. The first-order valence-corrected chi connectivity index (χ1v) is 7.84. The van der Waals surface area contributed by atoms with Crippen LogP contribution in [-0.4, -0.2) is 30.3 Å². The van der Waals surface area contributed by atoms with Gasteiger partial charge in [0.25, 0.3) is 0 Å². The highest BCUT2D eigenvalue weighted by atomic mass is 16.2. The molecule has 2 amide bonds. The summed E-state index contributed by atoms with van der Waals surface area (Å²) in [7, 11) is 1.79. The fraction of sp³-hybridized carbons (Fsp3) is 0.556. The zero-order valence-corrected chi connectivity index (χ0v) is 14.4. The van der Waals surface area contributed by atoms with Gasteiger partial charge in [0.1, 0.15) is 0 Å². The van der Waals surface area contributed by atoms with Gasteiger partial charge in [-0.1, -0.05) is 52.0 Å². The lowest BCUT2D eigenvalue weighted by atomic mass is 9.96. The number of carbonyl (C=O) groups excluding carboxylic acids is 2. The minimum atomic E-state index is -0.421. The predicted octanol–water partition coefficient (Wildman–Crippen LogP) is 2.76. The molecule has 0 aliphatic heterocycles. The van der Waals surface area contributed by atoms with E-state index in [1.165, 1.54) is 5.56 Å². The van der Waals surface area contributed by atoms with Gasteiger partial charge in [0, 0.05) is 32.0 Å². The molecule has 0 spiro atoms. The van der Waals surface area contributed by atoms with Gasteiger partial charge < -0.3 is 10.2 Å². The standard InChI is InChI=1S/C18H28N2O2/c1-6-14-7-9-15(10-8-14)13-20(5)16(21)11-12-19-17(22)18(2,3)4/h7-10H,6,11-13H2,1-5H3,(H,19,22). The van der Waals surface area contributed by atoms with Gasteiger partial charge in [0.15, 0.2) is 0 Å². The summed E-state index contributed by atoms with van der Waals surface area (Å²) in [5.41, 5.74) is 1.99. The Balaban J connectivity index is 2.40. The van der Waals surface area contributed by atoms with Crippen LogP contribution in [0.1, 0.15) is 45.2 Å². The van der Waals surface area contributed by atoms with Crippen LogP contribution in [0.5, 0.6) is 0 Å². The van der Waals surface area contributed by atoms with Crippen molar-refractivity contribution in [3.63, 3.8) is 0 Å². The van der Waals surface area contributed by atoms with Gasteiger partial charge in [-0.25, -0.2) is 0 Å². The van der Waals surface area contributed by atoms with E-state index in [0.29, 0.717) is 19.5 Å². The summed E-state index contributed by atoms with van der Waals surface area (Å²) in [4.78, 5) is 25.5. The van der Waals surface area contributed by atoms with Crippen molar-refractivity contribution in [1.82, 2.24) is 10.2 Å². The first-order valence-electron chi connectivity index (χ1n) is 7.84. The molecule has 0 saturated carbocycles. The molecule has 122 valence electrons. The summed E-state index contributed by atoms with van der Waals surface area (Å²) < 4.78 is 0. The number of carbonyl (C=O) groups is 2. The maximum Gasteiger partial charge on any atom is 0.225 e. The molecule has 0 aliphatic carbocycles. The monoisotopic (exact) mass is 304 g/mol. The van der Waals surface area contributed by atoms with E-state index in [4.69, 9.17) is 0 Å². The summed E-state index contributed by atoms with van der Waals surface area (Å²) in [5.74, 6) is 0.00637. The number of amides is 2. The Labute approximate surface area is 133 Å². The number of benzene rings is 1. The van der Waals surface area contributed by atoms with E-state index in [1.807, 2.05) is 20.8 Å². The molecule has 0 fully saturated rings. The van der Waals surface area contributed by atoms with Crippen molar-refractivity contribution in [1.29, 1.82) is 0 Å². The SMILES string of the molecule is CCc1ccc(CN(C)C(=O)CCNC(=O)C(C)(C)C)cc1. The molecule has 1 aromatic rings. The molecule has 0 radical (unpaired) electrons. The van der Waals surface area contributed by atoms with Gasteiger partial charge in [0.2, 0.25) is 11.8 Å². The lowest BCUT2D eigenvalue weighted by Crippen LogP contribution is -2.37. The number of rotatable bonds is 6. The fourth-order valence-corrected chi connectivity index (χ4v) is 1.98. The van der Waals surface area contributed by atoms with Crippen LogP contribution in [0.3, 0.4) is 0 Å². The smallest absolute Gasteiger partial charge is 0.225 e. The Morgan fingerprint density at radius 3 is 2.14 bits per heavy atom. The van der Waals surface area contributed by atoms with Crippen LogP contribution in [0.15, 0.2) is 24.3 Å². The van der Waals surface area contributed by atoms with Gasteiger partial charge in [0.05, 0.1) is 0 Å². The second kappa shape index (κ2) is 7.97. The van der Waals surface area contributed by atoms with E-state index < -0.39 is 5.41 Å². The van der Waals surface area contributed by atoms with Gasteiger partial charge in [-0.2, -0.15) is 0 Å². The van der Waals surface area contributed by atoms with Crippen LogP contribution in [0.2, 0.25) is 0 Å². The molecule has 0 unspecified atom stereocenters. The molecule has 4 nitrogen and oxygen atoms in total. The summed E-state index contributed by atoms with van der Waals surface area (Å²) in [5, 5.41) is 2.80. The predicted molar refractivity (Wildman–Crippen MR) is 89.4 cm³/mol. The normalized spacial score (nSPS) is 11.1. The van der Waals surface area contributed by atoms with E-state index in [9.17, 15) is 9.59 Å². The van der Waals surface area contributed by atoms with E-state index in [0.717, 1.165) is 12.0 Å². The van der Waals surface area contributed by atoms with E-state index >= 15 is 0 Å². The van der Waals surface area contributed by atoms with Crippen molar-refractivity contribution in [2.24, 2.45) is 5.41 Å². The van der Waals surface area contributed by atoms with Crippen LogP contribution >= 0.6 is 0 Å². The highest BCUT2D eigenvalue weighted by molar-refractivity contribution is 5.82. The molecule has 0 aliphatic rings. The Morgan fingerprint density at radius 1 is 1.09 bits per heavy atom. The highest BCUT2D eigenvalue weighted by Gasteiger charge is 2.20. The summed E-state index contributed by atoms with van der Waals surface area (Å²) in [6.45, 7) is 8.67. The molecule has 0 heterocycles. The molecule has 1 rings (SSSR count). The second-order valence-corrected chi connectivity index (χ2v) is 6.68. The average molecular weight is 304 g/mol. The Bertz CT molecular complexity index is 501. The zero-order chi connectivity index (χ0) is 16.8. The minimum absolute atomic E-state index is 0.0295. The van der Waals surface area contributed by atoms with E-state index in [-0.39, 0.29) is 11.8 Å². The van der Waals surface area contributed by atoms with Crippen molar-refractivity contribution in [3.8, 4) is 0 Å². The Kier molecular flexibility index (Phi) is 6.60. The number of hydrogen-bond acceptors (Lipinski definition) is 2. The molecular weight excluding hydrogens is 276 g/mol. The van der Waals surface area contributed by atoms with Crippen LogP contribution in [0.4, 0.5) is 0 Å². The quantitative estimate of drug-likeness (QED) is 0.878. The molecular formula is C18H28N2O2. The second-order valence-electron chi connectivity index (χ2n) is 6.68. The van der Waals surface area contributed by atoms with E-state index in [1.54, 1.807) is 11.9 Å². The van der Waals surface area contributed by atoms with Crippen LogP contribution in [-0.2, 0) is 22.6 Å². The highest BCUT2D eigenvalue weighted by Crippen LogP contribution is 2.12. The fourth-order valence-electron chi connectivity index (χ4n) is 1.98. The molecule has 4 heteroatoms. The van der Waals surface area contributed by atoms with E-state index in [2.05, 4.69) is 36.5 Å². The summed E-state index contributed by atoms with van der Waals surface area (Å²) in [6, 6.07) is 8.31. The number of nitrogens with one attached hydrogen (secondary N) is 1. The van der Waals surface area contributed by atoms with Crippen LogP contribution < -0.4 is 5.32 Å². The minimum Gasteiger partial charge on any atom is -0.355 e. The average Bonchev–Trinajstić information content (AvgIpc) is 2.46. The van der Waals surface area contributed by atoms with Crippen molar-refractivity contribution in [2.75, 3.05) is 13.6 Å². The van der Waals surface area contributed by atoms with Gasteiger partial charge >= 0.3 is 0 Å². The Hall–Kier alpha value is -1.84. The first kappa shape index (κ1) is 18.2. The lowest BCUT2D eigenvalue weighted by Gasteiger charge is -2.20. The third-order valence-electron chi connectivity index (χ3n) is 3.58. The zero-order valence-electron chi connectivity index (χ0n) is 14.4. The number of aryl methyl sites for hydroxylation is 1. The third-order valence-corrected chi connectivity index (χ3v) is 3.58. The molecule has 0 saturated heterocycles. The molecule has 22 heavy (non-hydrogen) atoms. The number of hydrogen-bond donors (Lipinski definition) is 1. The van der Waals surface area contributed by atoms with Crippen molar-refractivity contribution in [2.45, 2.75) is 47.1 Å². The molecule has 0 bridgehead atoms. The molecule has 0 aromatic heterocycles.